The fourth-order valence-electron chi connectivity index (χ4n) is 6.69. The standard InChI is InChI=1S/C35H39N3O3/c1-25-18-19-27-22-32-33(39)38(23-26-12-11-17-30(21-26)41-2)35(24-37(32)31(27)20-25,28-13-7-6-8-14-28)34(40)36-29-15-9-4-3-5-10-16-29/h6-8,11-14,17-22,29H,3-5,9-10,15-16,23-24H2,1-2H3,(H,36,40)/t35-/m1/s1. The van der Waals surface area contributed by atoms with Gasteiger partial charge in [-0.3, -0.25) is 9.59 Å². The van der Waals surface area contributed by atoms with Crippen molar-refractivity contribution in [2.24, 2.45) is 0 Å². The molecule has 41 heavy (non-hydrogen) atoms. The van der Waals surface area contributed by atoms with E-state index in [1.807, 2.05) is 60.7 Å². The van der Waals surface area contributed by atoms with Crippen molar-refractivity contribution in [2.45, 2.75) is 76.5 Å². The Hall–Kier alpha value is -4.06. The van der Waals surface area contributed by atoms with Crippen LogP contribution in [-0.4, -0.2) is 34.4 Å². The topological polar surface area (TPSA) is 63.6 Å². The summed E-state index contributed by atoms with van der Waals surface area (Å²) in [6.45, 7) is 2.68. The van der Waals surface area contributed by atoms with E-state index >= 15 is 0 Å². The monoisotopic (exact) mass is 549 g/mol. The number of hydrogen-bond donors (Lipinski definition) is 1. The number of methoxy groups -OCH3 is 1. The Morgan fingerprint density at radius 2 is 1.68 bits per heavy atom. The molecular formula is C35H39N3O3. The van der Waals surface area contributed by atoms with Crippen molar-refractivity contribution in [1.29, 1.82) is 0 Å². The SMILES string of the molecule is COc1cccc(CN2C(=O)c3cc4ccc(C)cc4n3C[C@]2(C(=O)NC2CCCCCCC2)c2ccccc2)c1. The summed E-state index contributed by atoms with van der Waals surface area (Å²) >= 11 is 0. The smallest absolute Gasteiger partial charge is 0.272 e. The Morgan fingerprint density at radius 1 is 0.927 bits per heavy atom. The van der Waals surface area contributed by atoms with Crippen LogP contribution >= 0.6 is 0 Å². The predicted molar refractivity (Wildman–Crippen MR) is 162 cm³/mol. The van der Waals surface area contributed by atoms with Gasteiger partial charge in [0.05, 0.1) is 13.7 Å². The molecule has 1 fully saturated rings. The van der Waals surface area contributed by atoms with Crippen molar-refractivity contribution < 1.29 is 14.3 Å². The van der Waals surface area contributed by atoms with Crippen molar-refractivity contribution >= 4 is 22.7 Å². The minimum atomic E-state index is -1.23. The first-order valence-electron chi connectivity index (χ1n) is 14.9. The molecule has 0 radical (unpaired) electrons. The number of hydrogen-bond acceptors (Lipinski definition) is 3. The molecule has 3 aromatic carbocycles. The van der Waals surface area contributed by atoms with Crippen LogP contribution in [0.1, 0.15) is 72.1 Å². The number of amides is 2. The number of fused-ring (bicyclic) bond motifs is 3. The summed E-state index contributed by atoms with van der Waals surface area (Å²) in [4.78, 5) is 31.3. The molecule has 2 amide bonds. The molecule has 4 aromatic rings. The van der Waals surface area contributed by atoms with Crippen LogP contribution in [0, 0.1) is 6.92 Å². The molecule has 1 aromatic heterocycles. The molecule has 0 spiro atoms. The van der Waals surface area contributed by atoms with Gasteiger partial charge in [-0.05, 0) is 60.7 Å². The second kappa shape index (κ2) is 11.4. The maximum absolute atomic E-state index is 14.8. The summed E-state index contributed by atoms with van der Waals surface area (Å²) in [5.41, 5.74) is 3.21. The third-order valence-electron chi connectivity index (χ3n) is 8.91. The summed E-state index contributed by atoms with van der Waals surface area (Å²) < 4.78 is 7.56. The van der Waals surface area contributed by atoms with Crippen LogP contribution in [0.15, 0.2) is 78.9 Å². The van der Waals surface area contributed by atoms with Crippen molar-refractivity contribution in [3.05, 3.63) is 101 Å². The molecule has 0 saturated heterocycles. The summed E-state index contributed by atoms with van der Waals surface area (Å²) in [5.74, 6) is 0.469. The van der Waals surface area contributed by atoms with Crippen LogP contribution in [-0.2, 0) is 23.4 Å². The van der Waals surface area contributed by atoms with Gasteiger partial charge in [0.2, 0.25) is 0 Å². The van der Waals surface area contributed by atoms with Crippen LogP contribution in [0.4, 0.5) is 0 Å². The first-order valence-corrected chi connectivity index (χ1v) is 14.9. The molecule has 212 valence electrons. The number of nitrogens with one attached hydrogen (secondary N) is 1. The molecule has 1 N–H and O–H groups in total. The Labute approximate surface area is 242 Å². The molecule has 2 aliphatic rings. The molecule has 1 aliphatic carbocycles. The van der Waals surface area contributed by atoms with Crippen molar-refractivity contribution in [3.8, 4) is 5.75 Å². The molecule has 6 heteroatoms. The van der Waals surface area contributed by atoms with E-state index in [9.17, 15) is 9.59 Å². The normalized spacial score (nSPS) is 19.9. The second-order valence-electron chi connectivity index (χ2n) is 11.7. The van der Waals surface area contributed by atoms with E-state index in [4.69, 9.17) is 4.74 Å². The van der Waals surface area contributed by atoms with E-state index in [0.29, 0.717) is 12.2 Å². The average molecular weight is 550 g/mol. The minimum absolute atomic E-state index is 0.0993. The lowest BCUT2D eigenvalue weighted by Crippen LogP contribution is -2.64. The number of aryl methyl sites for hydroxylation is 1. The van der Waals surface area contributed by atoms with Crippen LogP contribution in [0.3, 0.4) is 0 Å². The van der Waals surface area contributed by atoms with Gasteiger partial charge in [0.15, 0.2) is 5.54 Å². The third-order valence-corrected chi connectivity index (χ3v) is 8.91. The van der Waals surface area contributed by atoms with Gasteiger partial charge in [0.25, 0.3) is 11.8 Å². The number of rotatable bonds is 6. The molecule has 1 saturated carbocycles. The van der Waals surface area contributed by atoms with Gasteiger partial charge < -0.3 is 19.5 Å². The first-order chi connectivity index (χ1) is 20.0. The van der Waals surface area contributed by atoms with Crippen molar-refractivity contribution in [2.75, 3.05) is 7.11 Å². The molecule has 0 unspecified atom stereocenters. The maximum Gasteiger partial charge on any atom is 0.272 e. The highest BCUT2D eigenvalue weighted by atomic mass is 16.5. The second-order valence-corrected chi connectivity index (χ2v) is 11.7. The van der Waals surface area contributed by atoms with Crippen molar-refractivity contribution in [3.63, 3.8) is 0 Å². The molecular weight excluding hydrogens is 510 g/mol. The van der Waals surface area contributed by atoms with E-state index in [-0.39, 0.29) is 24.4 Å². The van der Waals surface area contributed by atoms with Gasteiger partial charge in [-0.1, -0.05) is 86.7 Å². The predicted octanol–water partition coefficient (Wildman–Crippen LogP) is 6.74. The maximum atomic E-state index is 14.8. The van der Waals surface area contributed by atoms with Crippen LogP contribution in [0.5, 0.6) is 5.75 Å². The Kier molecular flexibility index (Phi) is 7.57. The van der Waals surface area contributed by atoms with Crippen molar-refractivity contribution in [1.82, 2.24) is 14.8 Å². The fraction of sp³-hybridized carbons (Fsp3) is 0.371. The zero-order valence-corrected chi connectivity index (χ0v) is 24.1. The fourth-order valence-corrected chi connectivity index (χ4v) is 6.69. The van der Waals surface area contributed by atoms with Gasteiger partial charge in [0.1, 0.15) is 11.4 Å². The zero-order valence-electron chi connectivity index (χ0n) is 24.1. The highest BCUT2D eigenvalue weighted by molar-refractivity contribution is 6.04. The Morgan fingerprint density at radius 3 is 2.44 bits per heavy atom. The van der Waals surface area contributed by atoms with Crippen LogP contribution in [0.2, 0.25) is 0 Å². The molecule has 0 bridgehead atoms. The van der Waals surface area contributed by atoms with Gasteiger partial charge in [-0.15, -0.1) is 0 Å². The van der Waals surface area contributed by atoms with E-state index in [1.54, 1.807) is 12.0 Å². The van der Waals surface area contributed by atoms with E-state index in [2.05, 4.69) is 35.0 Å². The summed E-state index contributed by atoms with van der Waals surface area (Å²) in [5, 5.41) is 4.47. The lowest BCUT2D eigenvalue weighted by molar-refractivity contribution is -0.136. The molecule has 1 atom stereocenters. The molecule has 6 nitrogen and oxygen atoms in total. The lowest BCUT2D eigenvalue weighted by atomic mass is 9.83. The zero-order chi connectivity index (χ0) is 28.4. The highest BCUT2D eigenvalue weighted by Crippen LogP contribution is 2.41. The Balaban J connectivity index is 1.52. The number of ether oxygens (including phenoxy) is 1. The minimum Gasteiger partial charge on any atom is -0.497 e. The summed E-state index contributed by atoms with van der Waals surface area (Å²) in [6.07, 6.45) is 7.83. The number of nitrogens with zero attached hydrogens (tertiary/aromatic N) is 2. The van der Waals surface area contributed by atoms with Crippen LogP contribution in [0.25, 0.3) is 10.9 Å². The van der Waals surface area contributed by atoms with E-state index < -0.39 is 5.54 Å². The summed E-state index contributed by atoms with van der Waals surface area (Å²) in [7, 11) is 1.64. The number of carbonyl (C=O) groups excluding carboxylic acids is 2. The van der Waals surface area contributed by atoms with Gasteiger partial charge in [-0.25, -0.2) is 0 Å². The number of aromatic nitrogens is 1. The number of carbonyl (C=O) groups is 2. The van der Waals surface area contributed by atoms with Gasteiger partial charge in [-0.2, -0.15) is 0 Å². The largest absolute Gasteiger partial charge is 0.497 e. The Bertz CT molecular complexity index is 1550. The third kappa shape index (κ3) is 5.12. The molecule has 2 heterocycles. The summed E-state index contributed by atoms with van der Waals surface area (Å²) in [6, 6.07) is 25.9. The quantitative estimate of drug-likeness (QED) is 0.290. The van der Waals surface area contributed by atoms with E-state index in [0.717, 1.165) is 59.0 Å². The number of benzene rings is 3. The van der Waals surface area contributed by atoms with Gasteiger partial charge >= 0.3 is 0 Å². The highest BCUT2D eigenvalue weighted by Gasteiger charge is 2.52. The lowest BCUT2D eigenvalue weighted by Gasteiger charge is -2.47. The molecule has 1 aliphatic heterocycles. The van der Waals surface area contributed by atoms with Gasteiger partial charge in [0, 0.05) is 23.5 Å². The van der Waals surface area contributed by atoms with E-state index in [1.165, 1.54) is 19.3 Å². The average Bonchev–Trinajstić information content (AvgIpc) is 3.34. The molecule has 6 rings (SSSR count). The first kappa shape index (κ1) is 27.1. The van der Waals surface area contributed by atoms with Crippen LogP contribution < -0.4 is 10.1 Å².